The summed E-state index contributed by atoms with van der Waals surface area (Å²) in [5.74, 6) is -2.95. The van der Waals surface area contributed by atoms with Gasteiger partial charge in [0.1, 0.15) is 6.10 Å². The molecule has 3 aromatic carbocycles. The van der Waals surface area contributed by atoms with Gasteiger partial charge in [0.2, 0.25) is 0 Å². The Labute approximate surface area is 361 Å². The summed E-state index contributed by atoms with van der Waals surface area (Å²) in [6.07, 6.45) is 8.27. The minimum atomic E-state index is -1.51. The zero-order valence-electron chi connectivity index (χ0n) is 36.4. The summed E-state index contributed by atoms with van der Waals surface area (Å²) >= 11 is 0. The van der Waals surface area contributed by atoms with Crippen molar-refractivity contribution in [1.82, 2.24) is 0 Å². The maximum Gasteiger partial charge on any atom is 0.338 e. The number of carbonyl (C=O) groups is 5. The lowest BCUT2D eigenvalue weighted by molar-refractivity contribution is -0.299. The molecule has 1 saturated heterocycles. The normalized spacial score (nSPS) is 18.6. The molecule has 1 heterocycles. The first-order valence-electron chi connectivity index (χ1n) is 22.4. The Bertz CT molecular complexity index is 1770. The minimum Gasteiger partial charge on any atom is -0.454 e. The third-order valence-electron chi connectivity index (χ3n) is 11.1. The van der Waals surface area contributed by atoms with Crippen LogP contribution in [0.3, 0.4) is 0 Å². The van der Waals surface area contributed by atoms with Crippen LogP contribution in [-0.4, -0.2) is 79.0 Å². The quantitative estimate of drug-likeness (QED) is 0.0322. The Kier molecular flexibility index (Phi) is 21.9. The van der Waals surface area contributed by atoms with Gasteiger partial charge in [-0.2, -0.15) is 0 Å². The molecule has 0 saturated carbocycles. The van der Waals surface area contributed by atoms with E-state index in [4.69, 9.17) is 23.7 Å². The highest BCUT2D eigenvalue weighted by Gasteiger charge is 2.52. The van der Waals surface area contributed by atoms with Gasteiger partial charge in [-0.3, -0.25) is 19.2 Å². The predicted molar refractivity (Wildman–Crippen MR) is 232 cm³/mol. The van der Waals surface area contributed by atoms with E-state index in [0.717, 1.165) is 36.8 Å². The van der Waals surface area contributed by atoms with E-state index in [1.807, 2.05) is 24.3 Å². The summed E-state index contributed by atoms with van der Waals surface area (Å²) < 4.78 is 28.9. The van der Waals surface area contributed by atoms with Crippen LogP contribution in [0.25, 0.3) is 0 Å². The fourth-order valence-corrected chi connectivity index (χ4v) is 7.46. The summed E-state index contributed by atoms with van der Waals surface area (Å²) in [7, 11) is 1.28. The number of hydrogen-bond acceptors (Lipinski definition) is 11. The molecule has 1 N–H and O–H groups in total. The first kappa shape index (κ1) is 49.0. The number of hydrogen-bond donors (Lipinski definition) is 1. The second-order valence-electron chi connectivity index (χ2n) is 15.9. The van der Waals surface area contributed by atoms with Gasteiger partial charge in [-0.25, -0.2) is 4.79 Å². The number of aliphatic hydroxyl groups is 1. The number of esters is 3. The Morgan fingerprint density at radius 1 is 0.525 bits per heavy atom. The predicted octanol–water partition coefficient (Wildman–Crippen LogP) is 9.53. The summed E-state index contributed by atoms with van der Waals surface area (Å²) in [6, 6.07) is 22.9. The van der Waals surface area contributed by atoms with Gasteiger partial charge in [-0.15, -0.1) is 0 Å². The number of aryl methyl sites for hydroxylation is 2. The van der Waals surface area contributed by atoms with E-state index in [1.54, 1.807) is 42.5 Å². The number of carbonyl (C=O) groups excluding carboxylic acids is 5. The summed E-state index contributed by atoms with van der Waals surface area (Å²) in [5, 5.41) is 10.3. The van der Waals surface area contributed by atoms with Crippen molar-refractivity contribution < 1.29 is 52.8 Å². The van der Waals surface area contributed by atoms with E-state index < -0.39 is 55.2 Å². The van der Waals surface area contributed by atoms with Gasteiger partial charge in [0.25, 0.3) is 0 Å². The average Bonchev–Trinajstić information content (AvgIpc) is 3.28. The number of unbranched alkanes of at least 4 members (excludes halogenated alkanes) is 10. The van der Waals surface area contributed by atoms with Crippen molar-refractivity contribution in [2.24, 2.45) is 0 Å². The summed E-state index contributed by atoms with van der Waals surface area (Å²) in [5.41, 5.74) is 3.41. The molecule has 0 aliphatic carbocycles. The highest BCUT2D eigenvalue weighted by Crippen LogP contribution is 2.30. The molecule has 0 bridgehead atoms. The molecule has 3 aromatic rings. The number of rotatable bonds is 28. The van der Waals surface area contributed by atoms with Crippen LogP contribution >= 0.6 is 0 Å². The number of Topliss-reactive ketones (excluding diaryl/α,β-unsaturated/α-hetero) is 2. The molecule has 1 aliphatic heterocycles. The topological polar surface area (TPSA) is 152 Å². The van der Waals surface area contributed by atoms with E-state index in [-0.39, 0.29) is 42.8 Å². The number of ether oxygens (including phenoxy) is 5. The molecular formula is C50H66O11. The first-order chi connectivity index (χ1) is 29.7. The number of benzene rings is 3. The molecule has 0 aromatic heterocycles. The van der Waals surface area contributed by atoms with E-state index in [9.17, 15) is 29.1 Å². The fourth-order valence-electron chi connectivity index (χ4n) is 7.46. The second-order valence-corrected chi connectivity index (χ2v) is 15.9. The van der Waals surface area contributed by atoms with Gasteiger partial charge < -0.3 is 28.8 Å². The molecule has 4 rings (SSSR count). The Morgan fingerprint density at radius 3 is 1.44 bits per heavy atom. The van der Waals surface area contributed by atoms with Crippen LogP contribution in [0.15, 0.2) is 78.9 Å². The summed E-state index contributed by atoms with van der Waals surface area (Å²) in [6.45, 7) is 3.73. The smallest absolute Gasteiger partial charge is 0.338 e. The van der Waals surface area contributed by atoms with Crippen LogP contribution in [0.1, 0.15) is 159 Å². The van der Waals surface area contributed by atoms with Gasteiger partial charge in [0, 0.05) is 31.1 Å². The highest BCUT2D eigenvalue weighted by molar-refractivity contribution is 5.98. The van der Waals surface area contributed by atoms with Crippen molar-refractivity contribution in [1.29, 1.82) is 0 Å². The van der Waals surface area contributed by atoms with Gasteiger partial charge in [0.15, 0.2) is 36.2 Å². The number of methoxy groups -OCH3 is 1. The third-order valence-corrected chi connectivity index (χ3v) is 11.1. The van der Waals surface area contributed by atoms with E-state index in [2.05, 4.69) is 13.8 Å². The van der Waals surface area contributed by atoms with E-state index >= 15 is 0 Å². The first-order valence-corrected chi connectivity index (χ1v) is 22.4. The molecule has 1 fully saturated rings. The van der Waals surface area contributed by atoms with E-state index in [1.165, 1.54) is 83.5 Å². The molecule has 11 nitrogen and oxygen atoms in total. The monoisotopic (exact) mass is 842 g/mol. The van der Waals surface area contributed by atoms with Gasteiger partial charge in [0.05, 0.1) is 25.0 Å². The van der Waals surface area contributed by atoms with Crippen LogP contribution in [0.5, 0.6) is 0 Å². The van der Waals surface area contributed by atoms with Gasteiger partial charge in [-0.1, -0.05) is 145 Å². The van der Waals surface area contributed by atoms with Crippen molar-refractivity contribution >= 4 is 29.5 Å². The van der Waals surface area contributed by atoms with Crippen LogP contribution in [0.4, 0.5) is 0 Å². The van der Waals surface area contributed by atoms with Crippen LogP contribution < -0.4 is 0 Å². The molecule has 1 aliphatic rings. The molecule has 61 heavy (non-hydrogen) atoms. The highest BCUT2D eigenvalue weighted by atomic mass is 16.7. The summed E-state index contributed by atoms with van der Waals surface area (Å²) in [4.78, 5) is 66.5. The lowest BCUT2D eigenvalue weighted by atomic mass is 9.97. The molecule has 0 spiro atoms. The zero-order valence-corrected chi connectivity index (χ0v) is 36.4. The SMILES string of the molecule is CCCCCCCCc1ccc(C(=O)CCC(=O)O[C@@H]2[C@@H](OC(=O)CCC(=O)c3ccc(CCCCCCCC)cc3)[C@@H](OC)O[C@H](CO)[C@H]2OC(=O)c2ccccc2)cc1. The van der Waals surface area contributed by atoms with E-state index in [0.29, 0.717) is 11.1 Å². The Morgan fingerprint density at radius 2 is 0.984 bits per heavy atom. The maximum atomic E-state index is 13.5. The minimum absolute atomic E-state index is 0.154. The number of ketones is 2. The van der Waals surface area contributed by atoms with Crippen LogP contribution in [0, 0.1) is 0 Å². The maximum absolute atomic E-state index is 13.5. The van der Waals surface area contributed by atoms with Gasteiger partial charge >= 0.3 is 17.9 Å². The van der Waals surface area contributed by atoms with Gasteiger partial charge in [-0.05, 0) is 48.9 Å². The second kappa shape index (κ2) is 27.3. The lowest BCUT2D eigenvalue weighted by Crippen LogP contribution is -2.62. The van der Waals surface area contributed by atoms with Crippen LogP contribution in [0.2, 0.25) is 0 Å². The van der Waals surface area contributed by atoms with Crippen molar-refractivity contribution in [3.05, 3.63) is 107 Å². The molecule has 332 valence electrons. The lowest BCUT2D eigenvalue weighted by Gasteiger charge is -2.43. The zero-order chi connectivity index (χ0) is 43.8. The standard InChI is InChI=1S/C50H66O11/c1-4-6-8-10-12-15-19-36-23-27-38(28-24-36)41(52)31-33-44(54)59-47-46(61-49(56)40-21-17-14-18-22-40)43(35-51)58-50(57-3)48(47)60-45(55)34-32-42(53)39-29-25-37(26-30-39)20-16-13-11-9-7-5-2/h14,17-18,21-30,43,46-48,50-51H,4-13,15-16,19-20,31-35H2,1-3H3/t43-,46-,47+,48-,50+/m1/s1. The Hall–Kier alpha value is -4.71. The van der Waals surface area contributed by atoms with Crippen molar-refractivity contribution in [3.8, 4) is 0 Å². The molecular weight excluding hydrogens is 777 g/mol. The fraction of sp³-hybridized carbons (Fsp3) is 0.540. The molecule has 0 radical (unpaired) electrons. The number of aliphatic hydroxyl groups excluding tert-OH is 1. The molecule has 5 atom stereocenters. The van der Waals surface area contributed by atoms with Crippen molar-refractivity contribution in [2.75, 3.05) is 13.7 Å². The average molecular weight is 843 g/mol. The van der Waals surface area contributed by atoms with Crippen LogP contribution in [-0.2, 0) is 46.1 Å². The Balaban J connectivity index is 1.40. The molecule has 0 amide bonds. The third kappa shape index (κ3) is 16.6. The van der Waals surface area contributed by atoms with Crippen molar-refractivity contribution in [3.63, 3.8) is 0 Å². The largest absolute Gasteiger partial charge is 0.454 e. The molecule has 11 heteroatoms. The van der Waals surface area contributed by atoms with Crippen molar-refractivity contribution in [2.45, 2.75) is 160 Å². The molecule has 0 unspecified atom stereocenters.